The Labute approximate surface area is 119 Å². The van der Waals surface area contributed by atoms with E-state index < -0.39 is 10.0 Å². The van der Waals surface area contributed by atoms with Gasteiger partial charge in [0.05, 0.1) is 11.0 Å². The highest BCUT2D eigenvalue weighted by Crippen LogP contribution is 2.30. The number of aliphatic hydroxyl groups excluding tert-OH is 1. The summed E-state index contributed by atoms with van der Waals surface area (Å²) in [4.78, 5) is 0.291. The SMILES string of the molecule is Cc1cc(Cl)ccc1S(=O)(=O)N(C)CC1CC(O)C1. The minimum Gasteiger partial charge on any atom is -0.393 e. The van der Waals surface area contributed by atoms with Gasteiger partial charge in [-0.25, -0.2) is 12.7 Å². The van der Waals surface area contributed by atoms with E-state index in [1.807, 2.05) is 0 Å². The van der Waals surface area contributed by atoms with Gasteiger partial charge in [-0.1, -0.05) is 11.6 Å². The van der Waals surface area contributed by atoms with Crippen LogP contribution in [-0.4, -0.2) is 37.5 Å². The van der Waals surface area contributed by atoms with Gasteiger partial charge < -0.3 is 5.11 Å². The molecule has 0 heterocycles. The van der Waals surface area contributed by atoms with Crippen molar-refractivity contribution in [2.45, 2.75) is 30.8 Å². The van der Waals surface area contributed by atoms with Crippen molar-refractivity contribution in [1.82, 2.24) is 4.31 Å². The molecule has 6 heteroatoms. The lowest BCUT2D eigenvalue weighted by molar-refractivity contribution is 0.0367. The summed E-state index contributed by atoms with van der Waals surface area (Å²) in [5.74, 6) is 0.252. The summed E-state index contributed by atoms with van der Waals surface area (Å²) in [6.45, 7) is 2.18. The molecule has 0 aromatic heterocycles. The van der Waals surface area contributed by atoms with E-state index in [4.69, 9.17) is 11.6 Å². The van der Waals surface area contributed by atoms with Crippen molar-refractivity contribution >= 4 is 21.6 Å². The molecule has 1 fully saturated rings. The molecule has 4 nitrogen and oxygen atoms in total. The zero-order valence-corrected chi connectivity index (χ0v) is 12.6. The second kappa shape index (κ2) is 5.40. The Bertz CT molecular complexity index is 567. The molecule has 1 aromatic rings. The molecule has 0 spiro atoms. The predicted molar refractivity (Wildman–Crippen MR) is 74.7 cm³/mol. The van der Waals surface area contributed by atoms with E-state index in [2.05, 4.69) is 0 Å². The normalized spacial score (nSPS) is 23.4. The predicted octanol–water partition coefficient (Wildman–Crippen LogP) is 2.04. The standard InChI is InChI=1S/C13H18ClNO3S/c1-9-5-11(14)3-4-13(9)19(17,18)15(2)8-10-6-12(16)7-10/h3-5,10,12,16H,6-8H2,1-2H3. The van der Waals surface area contributed by atoms with E-state index in [9.17, 15) is 13.5 Å². The summed E-state index contributed by atoms with van der Waals surface area (Å²) < 4.78 is 26.2. The van der Waals surface area contributed by atoms with Crippen molar-refractivity contribution in [3.8, 4) is 0 Å². The van der Waals surface area contributed by atoms with E-state index >= 15 is 0 Å². The van der Waals surface area contributed by atoms with Crippen LogP contribution < -0.4 is 0 Å². The minimum absolute atomic E-state index is 0.252. The zero-order chi connectivity index (χ0) is 14.2. The minimum atomic E-state index is -3.48. The number of rotatable bonds is 4. The lowest BCUT2D eigenvalue weighted by Gasteiger charge is -2.34. The summed E-state index contributed by atoms with van der Waals surface area (Å²) >= 11 is 5.84. The van der Waals surface area contributed by atoms with E-state index in [0.29, 0.717) is 34.9 Å². The van der Waals surface area contributed by atoms with Gasteiger partial charge in [-0.05, 0) is 49.4 Å². The molecule has 19 heavy (non-hydrogen) atoms. The van der Waals surface area contributed by atoms with Crippen LogP contribution in [0.4, 0.5) is 0 Å². The molecule has 0 atom stereocenters. The molecular weight excluding hydrogens is 286 g/mol. The monoisotopic (exact) mass is 303 g/mol. The van der Waals surface area contributed by atoms with Crippen molar-refractivity contribution in [1.29, 1.82) is 0 Å². The first kappa shape index (κ1) is 14.8. The van der Waals surface area contributed by atoms with Crippen LogP contribution in [0.3, 0.4) is 0 Å². The van der Waals surface area contributed by atoms with Crippen molar-refractivity contribution < 1.29 is 13.5 Å². The average molecular weight is 304 g/mol. The van der Waals surface area contributed by atoms with Gasteiger partial charge in [0.25, 0.3) is 0 Å². The molecule has 106 valence electrons. The Kier molecular flexibility index (Phi) is 4.20. The summed E-state index contributed by atoms with van der Waals surface area (Å²) in [5.41, 5.74) is 0.646. The second-order valence-corrected chi connectivity index (χ2v) is 7.64. The fourth-order valence-corrected chi connectivity index (χ4v) is 4.06. The molecular formula is C13H18ClNO3S. The topological polar surface area (TPSA) is 57.6 Å². The van der Waals surface area contributed by atoms with Crippen molar-refractivity contribution in [2.75, 3.05) is 13.6 Å². The molecule has 0 amide bonds. The van der Waals surface area contributed by atoms with Gasteiger partial charge in [-0.15, -0.1) is 0 Å². The Morgan fingerprint density at radius 3 is 2.58 bits per heavy atom. The van der Waals surface area contributed by atoms with E-state index in [0.717, 1.165) is 0 Å². The van der Waals surface area contributed by atoms with Crippen LogP contribution in [0.1, 0.15) is 18.4 Å². The van der Waals surface area contributed by atoms with Crippen LogP contribution in [0.5, 0.6) is 0 Å². The van der Waals surface area contributed by atoms with Crippen molar-refractivity contribution in [3.05, 3.63) is 28.8 Å². The summed E-state index contributed by atoms with van der Waals surface area (Å²) in [6, 6.07) is 4.77. The third-order valence-corrected chi connectivity index (χ3v) is 5.77. The first-order valence-corrected chi connectivity index (χ1v) is 8.03. The smallest absolute Gasteiger partial charge is 0.243 e. The van der Waals surface area contributed by atoms with Gasteiger partial charge in [0, 0.05) is 18.6 Å². The maximum atomic E-state index is 12.4. The fraction of sp³-hybridized carbons (Fsp3) is 0.538. The van der Waals surface area contributed by atoms with Crippen LogP contribution in [0, 0.1) is 12.8 Å². The van der Waals surface area contributed by atoms with Crippen LogP contribution in [0.25, 0.3) is 0 Å². The lowest BCUT2D eigenvalue weighted by atomic mass is 9.82. The molecule has 2 rings (SSSR count). The maximum Gasteiger partial charge on any atom is 0.243 e. The lowest BCUT2D eigenvalue weighted by Crippen LogP contribution is -2.39. The van der Waals surface area contributed by atoms with Gasteiger partial charge >= 0.3 is 0 Å². The number of nitrogens with zero attached hydrogens (tertiary/aromatic N) is 1. The molecule has 0 aliphatic heterocycles. The number of benzene rings is 1. The Hall–Kier alpha value is -0.620. The molecule has 0 bridgehead atoms. The average Bonchev–Trinajstić information content (AvgIpc) is 2.26. The first-order valence-electron chi connectivity index (χ1n) is 6.21. The van der Waals surface area contributed by atoms with Crippen molar-refractivity contribution in [3.63, 3.8) is 0 Å². The summed E-state index contributed by atoms with van der Waals surface area (Å²) in [6.07, 6.45) is 1.09. The van der Waals surface area contributed by atoms with E-state index in [-0.39, 0.29) is 12.0 Å². The molecule has 0 radical (unpaired) electrons. The number of halogens is 1. The largest absolute Gasteiger partial charge is 0.393 e. The third kappa shape index (κ3) is 3.11. The highest BCUT2D eigenvalue weighted by Gasteiger charge is 2.32. The van der Waals surface area contributed by atoms with Gasteiger partial charge in [-0.2, -0.15) is 0 Å². The number of sulfonamides is 1. The third-order valence-electron chi connectivity index (χ3n) is 3.55. The highest BCUT2D eigenvalue weighted by atomic mass is 35.5. The van der Waals surface area contributed by atoms with Gasteiger partial charge in [-0.3, -0.25) is 0 Å². The van der Waals surface area contributed by atoms with Crippen LogP contribution in [0.2, 0.25) is 5.02 Å². The molecule has 0 unspecified atom stereocenters. The molecule has 1 aliphatic rings. The number of hydrogen-bond acceptors (Lipinski definition) is 3. The molecule has 0 saturated heterocycles. The molecule has 1 saturated carbocycles. The van der Waals surface area contributed by atoms with Gasteiger partial charge in [0.15, 0.2) is 0 Å². The maximum absolute atomic E-state index is 12.4. The molecule has 1 N–H and O–H groups in total. The first-order chi connectivity index (χ1) is 8.80. The van der Waals surface area contributed by atoms with Crippen LogP contribution >= 0.6 is 11.6 Å². The summed E-state index contributed by atoms with van der Waals surface area (Å²) in [7, 11) is -1.90. The molecule has 1 aliphatic carbocycles. The van der Waals surface area contributed by atoms with Gasteiger partial charge in [0.2, 0.25) is 10.0 Å². The van der Waals surface area contributed by atoms with Crippen LogP contribution in [-0.2, 0) is 10.0 Å². The Morgan fingerprint density at radius 2 is 2.05 bits per heavy atom. The zero-order valence-electron chi connectivity index (χ0n) is 11.0. The summed E-state index contributed by atoms with van der Waals surface area (Å²) in [5, 5.41) is 9.77. The number of aryl methyl sites for hydroxylation is 1. The van der Waals surface area contributed by atoms with E-state index in [1.54, 1.807) is 32.2 Å². The number of hydrogen-bond donors (Lipinski definition) is 1. The van der Waals surface area contributed by atoms with E-state index in [1.165, 1.54) is 4.31 Å². The van der Waals surface area contributed by atoms with Crippen LogP contribution in [0.15, 0.2) is 23.1 Å². The Balaban J connectivity index is 2.16. The quantitative estimate of drug-likeness (QED) is 0.926. The number of aliphatic hydroxyl groups is 1. The van der Waals surface area contributed by atoms with Gasteiger partial charge in [0.1, 0.15) is 0 Å². The Morgan fingerprint density at radius 1 is 1.42 bits per heavy atom. The fourth-order valence-electron chi connectivity index (χ4n) is 2.38. The molecule has 1 aromatic carbocycles. The van der Waals surface area contributed by atoms with Crippen molar-refractivity contribution in [2.24, 2.45) is 5.92 Å². The highest BCUT2D eigenvalue weighted by molar-refractivity contribution is 7.89. The second-order valence-electron chi connectivity index (χ2n) is 5.19.